The van der Waals surface area contributed by atoms with Crippen molar-refractivity contribution in [2.45, 2.75) is 689 Å². The summed E-state index contributed by atoms with van der Waals surface area (Å²) < 4.78 is 0. The lowest BCUT2D eigenvalue weighted by atomic mass is 10.0. The van der Waals surface area contributed by atoms with Crippen LogP contribution < -0.4 is 20.7 Å². The van der Waals surface area contributed by atoms with Crippen LogP contribution in [0.1, 0.15) is 616 Å². The molecule has 8 aliphatic rings. The zero-order chi connectivity index (χ0) is 86.3. The van der Waals surface area contributed by atoms with Crippen LogP contribution >= 0.6 is 0 Å². The van der Waals surface area contributed by atoms with E-state index in [1.165, 1.54) is 616 Å². The van der Waals surface area contributed by atoms with Crippen molar-refractivity contribution in [1.82, 2.24) is 0 Å². The summed E-state index contributed by atoms with van der Waals surface area (Å²) in [6.07, 6.45) is 144. The largest absolute Gasteiger partial charge is 0.0867 e. The van der Waals surface area contributed by atoms with Gasteiger partial charge in [0.15, 0.2) is 0 Å². The molecule has 0 saturated carbocycles. The van der Waals surface area contributed by atoms with Crippen LogP contribution in [0.5, 0.6) is 0 Å². The Kier molecular flexibility index (Phi) is 69.9. The first-order valence-electron chi connectivity index (χ1n) is 59.9. The second kappa shape index (κ2) is 78.6. The van der Waals surface area contributed by atoms with Gasteiger partial charge in [-0.2, -0.15) is 0 Å². The molecule has 0 unspecified atom stereocenters. The summed E-state index contributed by atoms with van der Waals surface area (Å²) >= 11 is 0. The third kappa shape index (κ3) is 53.4. The first kappa shape index (κ1) is 110. The van der Waals surface area contributed by atoms with Gasteiger partial charge in [0.1, 0.15) is 0 Å². The smallest absolute Gasteiger partial charge is 0.0631 e. The van der Waals surface area contributed by atoms with Crippen LogP contribution in [0.25, 0.3) is 0 Å². The van der Waals surface area contributed by atoms with E-state index < -0.39 is 32.3 Å². The van der Waals surface area contributed by atoms with Crippen molar-refractivity contribution < 1.29 is 0 Å². The van der Waals surface area contributed by atoms with E-state index in [0.717, 1.165) is 0 Å². The van der Waals surface area contributed by atoms with E-state index >= 15 is 0 Å². The molecule has 0 nitrogen and oxygen atoms in total. The number of rotatable bonds is 0. The molecule has 4 saturated heterocycles. The minimum Gasteiger partial charge on any atom is -0.0631 e. The summed E-state index contributed by atoms with van der Waals surface area (Å²) in [6.45, 7) is 0. The summed E-state index contributed by atoms with van der Waals surface area (Å²) in [7, 11) is -6.36. The summed E-state index contributed by atoms with van der Waals surface area (Å²) in [6, 6.07) is 42.1. The van der Waals surface area contributed by atoms with E-state index in [9.17, 15) is 0 Å². The Morgan fingerprint density at radius 2 is 0.121 bits per heavy atom. The lowest BCUT2D eigenvalue weighted by molar-refractivity contribution is 0.530. The summed E-state index contributed by atoms with van der Waals surface area (Å²) in [5.41, 5.74) is 0. The average molecular weight is 1780 g/mol. The number of hydrogen-bond donors (Lipinski definition) is 0. The third-order valence-corrected chi connectivity index (χ3v) is 56.5. The Balaban J connectivity index is 0.000000341. The van der Waals surface area contributed by atoms with Crippen LogP contribution in [-0.4, -0.2) is 32.3 Å². The van der Waals surface area contributed by atoms with Gasteiger partial charge in [0.05, 0.1) is 32.3 Å². The average Bonchev–Trinajstić information content (AvgIpc) is 0.791. The Morgan fingerprint density at radius 3 is 0.177 bits per heavy atom. The highest BCUT2D eigenvalue weighted by Gasteiger charge is 2.39. The topological polar surface area (TPSA) is 0 Å². The highest BCUT2D eigenvalue weighted by atomic mass is 28.3. The maximum atomic E-state index is 2.87. The molecule has 720 valence electrons. The van der Waals surface area contributed by atoms with Crippen molar-refractivity contribution in [2.75, 3.05) is 0 Å². The molecule has 2 aromatic carbocycles. The molecular weight excluding hydrogens is 1550 g/mol. The molecule has 0 aromatic heterocycles. The minimum atomic E-state index is -1.59. The Labute approximate surface area is 784 Å². The quantitative estimate of drug-likeness (QED) is 0.231. The number of hydrogen-bond acceptors (Lipinski definition) is 0. The molecule has 8 aliphatic heterocycles. The Bertz CT molecular complexity index is 2140. The molecule has 0 radical (unpaired) electrons. The van der Waals surface area contributed by atoms with Gasteiger partial charge >= 0.3 is 0 Å². The summed E-state index contributed by atoms with van der Waals surface area (Å²) in [5.74, 6) is 0. The molecule has 2 aromatic rings. The Morgan fingerprint density at radius 1 is 0.0726 bits per heavy atom. The van der Waals surface area contributed by atoms with Crippen LogP contribution in [0.2, 0.25) is 72.5 Å². The fourth-order valence-corrected chi connectivity index (χ4v) is 47.1. The normalized spacial score (nSPS) is 25.1. The second-order valence-electron chi connectivity index (χ2n) is 45.2. The van der Waals surface area contributed by atoms with Crippen molar-refractivity contribution in [3.63, 3.8) is 0 Å². The van der Waals surface area contributed by atoms with E-state index in [-0.39, 0.29) is 0 Å². The SMILES string of the molecule is c1cc2ccc1[Si]1(CCCCCCCCCCCCCCCCCC1)CCCCCCCCCCCCCCCCCC[Si]21CCCCCCCCCCCCCCCCCC1.c1cc2ccc1[Si]1(CCCCCCCCCCCCCCCCCC1)CCCCCCCCCCCCCCCCCC[Si]21CCCCCCCCCCCCCCCCCC1. The highest BCUT2D eigenvalue weighted by molar-refractivity contribution is 6.94. The van der Waals surface area contributed by atoms with E-state index in [4.69, 9.17) is 0 Å². The molecule has 0 aliphatic carbocycles. The first-order chi connectivity index (χ1) is 61.7. The standard InChI is InChI=1S/2C60H112Si2/c2*1-2-8-14-20-26-32-38-44-54-61(53-43-37-31-25-19-13-7-1)57-47-41-35-29-23-17-11-5-6-12-18-24-30-36-42-48-58-62(60-51-49-59(61)50-52-60)55-45-39-33-27-21-15-9-3-4-10-16-22-28-34-40-46-56-62/h2*49-52H,1-48,53-58H2. The predicted octanol–water partition coefficient (Wildman–Crippen LogP) is 41.5. The van der Waals surface area contributed by atoms with E-state index in [2.05, 4.69) is 48.5 Å². The van der Waals surface area contributed by atoms with E-state index in [0.29, 0.717) is 0 Å². The molecule has 124 heavy (non-hydrogen) atoms. The molecule has 0 amide bonds. The highest BCUT2D eigenvalue weighted by Crippen LogP contribution is 2.38. The van der Waals surface area contributed by atoms with Crippen molar-refractivity contribution >= 4 is 53.0 Å². The predicted molar refractivity (Wildman–Crippen MR) is 575 cm³/mol. The van der Waals surface area contributed by atoms with Gasteiger partial charge in [-0.3, -0.25) is 0 Å². The minimum absolute atomic E-state index is 1.50. The van der Waals surface area contributed by atoms with Crippen molar-refractivity contribution in [1.29, 1.82) is 0 Å². The maximum absolute atomic E-state index is 2.87. The molecular formula is C120H224Si4. The second-order valence-corrected chi connectivity index (χ2v) is 63.8. The summed E-state index contributed by atoms with van der Waals surface area (Å²) in [4.78, 5) is 0. The van der Waals surface area contributed by atoms with Gasteiger partial charge in [0, 0.05) is 0 Å². The maximum Gasteiger partial charge on any atom is 0.0867 e. The van der Waals surface area contributed by atoms with Gasteiger partial charge < -0.3 is 0 Å². The van der Waals surface area contributed by atoms with Crippen LogP contribution in [0.3, 0.4) is 0 Å². The van der Waals surface area contributed by atoms with Gasteiger partial charge in [-0.05, 0) is 0 Å². The Hall–Kier alpha value is -0.692. The lowest BCUT2D eigenvalue weighted by Gasteiger charge is -2.36. The monoisotopic (exact) mass is 1780 g/mol. The fraction of sp³-hybridized carbons (Fsp3) is 0.900. The van der Waals surface area contributed by atoms with Gasteiger partial charge in [-0.25, -0.2) is 0 Å². The molecule has 4 heteroatoms. The number of benzene rings is 2. The van der Waals surface area contributed by atoms with Gasteiger partial charge in [0.2, 0.25) is 0 Å². The van der Waals surface area contributed by atoms with Gasteiger partial charge in [-0.1, -0.05) is 758 Å². The van der Waals surface area contributed by atoms with Gasteiger partial charge in [0.25, 0.3) is 0 Å². The zero-order valence-corrected chi connectivity index (χ0v) is 89.0. The number of fused-ring (bicyclic) bond motifs is 38. The van der Waals surface area contributed by atoms with Crippen LogP contribution in [0.4, 0.5) is 0 Å². The van der Waals surface area contributed by atoms with Crippen LogP contribution in [-0.2, 0) is 0 Å². The van der Waals surface area contributed by atoms with Gasteiger partial charge in [-0.15, -0.1) is 0 Å². The molecule has 4 bridgehead atoms. The van der Waals surface area contributed by atoms with Crippen molar-refractivity contribution in [3.05, 3.63) is 48.5 Å². The van der Waals surface area contributed by atoms with Crippen LogP contribution in [0, 0.1) is 0 Å². The fourth-order valence-electron chi connectivity index (χ4n) is 26.0. The van der Waals surface area contributed by atoms with E-state index in [1.807, 2.05) is 20.7 Å². The summed E-state index contributed by atoms with van der Waals surface area (Å²) in [5, 5.41) is 7.67. The molecule has 0 atom stereocenters. The third-order valence-electron chi connectivity index (χ3n) is 34.6. The molecule has 4 fully saturated rings. The molecule has 0 N–H and O–H groups in total. The molecule has 4 spiro atoms. The van der Waals surface area contributed by atoms with E-state index in [1.54, 1.807) is 72.5 Å². The lowest BCUT2D eigenvalue weighted by Crippen LogP contribution is -2.51. The molecule has 8 heterocycles. The van der Waals surface area contributed by atoms with Crippen LogP contribution in [0.15, 0.2) is 48.5 Å². The van der Waals surface area contributed by atoms with Crippen molar-refractivity contribution in [2.24, 2.45) is 0 Å². The zero-order valence-electron chi connectivity index (χ0n) is 85.0. The first-order valence-corrected chi connectivity index (χ1v) is 70.4. The molecule has 10 rings (SSSR count). The van der Waals surface area contributed by atoms with Crippen molar-refractivity contribution in [3.8, 4) is 0 Å².